The van der Waals surface area contributed by atoms with Crippen LogP contribution in [0.3, 0.4) is 0 Å². The number of aromatic nitrogens is 3. The van der Waals surface area contributed by atoms with Gasteiger partial charge in [-0.3, -0.25) is 0 Å². The molecule has 0 amide bonds. The van der Waals surface area contributed by atoms with Crippen molar-refractivity contribution in [3.63, 3.8) is 0 Å². The van der Waals surface area contributed by atoms with Crippen molar-refractivity contribution in [3.05, 3.63) is 71.2 Å². The number of halogens is 3. The van der Waals surface area contributed by atoms with Gasteiger partial charge in [0, 0.05) is 22.7 Å². The van der Waals surface area contributed by atoms with Gasteiger partial charge in [-0.25, -0.2) is 0 Å². The third-order valence-electron chi connectivity index (χ3n) is 4.40. The second-order valence-corrected chi connectivity index (χ2v) is 6.18. The smallest absolute Gasteiger partial charge is 0.340 e. The van der Waals surface area contributed by atoms with Gasteiger partial charge in [0.15, 0.2) is 5.82 Å². The maximum Gasteiger partial charge on any atom is 0.418 e. The van der Waals surface area contributed by atoms with Gasteiger partial charge < -0.3 is 9.09 Å². The average molecular weight is 393 g/mol. The van der Waals surface area contributed by atoms with E-state index in [9.17, 15) is 13.2 Å². The molecule has 0 aliphatic rings. The molecule has 0 saturated heterocycles. The van der Waals surface area contributed by atoms with Crippen LogP contribution in [0.25, 0.3) is 22.4 Å². The molecule has 2 aromatic heterocycles. The number of hydrogen-bond donors (Lipinski definition) is 0. The van der Waals surface area contributed by atoms with E-state index in [-0.39, 0.29) is 23.6 Å². The number of nitriles is 2. The minimum absolute atomic E-state index is 0.0626. The van der Waals surface area contributed by atoms with Crippen LogP contribution >= 0.6 is 0 Å². The molecule has 0 unspecified atom stereocenters. The summed E-state index contributed by atoms with van der Waals surface area (Å²) in [6, 6.07) is 14.1. The number of fused-ring (bicyclic) bond motifs is 1. The highest BCUT2D eigenvalue weighted by atomic mass is 19.4. The SMILES string of the molecule is N#Cc1ccc(-c2nc(Cn3ccc4c(C(F)(F)F)c(C#N)ccc43)no2)cc1. The number of alkyl halides is 3. The fourth-order valence-electron chi connectivity index (χ4n) is 3.08. The lowest BCUT2D eigenvalue weighted by atomic mass is 10.0. The van der Waals surface area contributed by atoms with E-state index >= 15 is 0 Å². The number of rotatable bonds is 3. The van der Waals surface area contributed by atoms with Gasteiger partial charge in [-0.15, -0.1) is 0 Å². The number of nitrogens with zero attached hydrogens (tertiary/aromatic N) is 5. The molecular formula is C20H10F3N5O. The van der Waals surface area contributed by atoms with Crippen molar-refractivity contribution in [1.82, 2.24) is 14.7 Å². The highest BCUT2D eigenvalue weighted by molar-refractivity contribution is 5.86. The van der Waals surface area contributed by atoms with Crippen molar-refractivity contribution in [2.75, 3.05) is 0 Å². The Kier molecular flexibility index (Phi) is 4.29. The maximum atomic E-state index is 13.4. The summed E-state index contributed by atoms with van der Waals surface area (Å²) >= 11 is 0. The van der Waals surface area contributed by atoms with Crippen LogP contribution in [0.5, 0.6) is 0 Å². The Morgan fingerprint density at radius 1 is 1.00 bits per heavy atom. The lowest BCUT2D eigenvalue weighted by Gasteiger charge is -2.11. The van der Waals surface area contributed by atoms with Gasteiger partial charge in [0.25, 0.3) is 5.89 Å². The highest BCUT2D eigenvalue weighted by Gasteiger charge is 2.36. The molecular weight excluding hydrogens is 383 g/mol. The fraction of sp³-hybridized carbons (Fsp3) is 0.100. The monoisotopic (exact) mass is 393 g/mol. The second kappa shape index (κ2) is 6.80. The van der Waals surface area contributed by atoms with Crippen molar-refractivity contribution in [2.24, 2.45) is 0 Å². The van der Waals surface area contributed by atoms with E-state index in [2.05, 4.69) is 10.1 Å². The van der Waals surface area contributed by atoms with Crippen molar-refractivity contribution in [2.45, 2.75) is 12.7 Å². The van der Waals surface area contributed by atoms with E-state index < -0.39 is 17.3 Å². The van der Waals surface area contributed by atoms with Crippen molar-refractivity contribution >= 4 is 10.9 Å². The van der Waals surface area contributed by atoms with Crippen LogP contribution in [0.1, 0.15) is 22.5 Å². The van der Waals surface area contributed by atoms with Crippen LogP contribution in [-0.2, 0) is 12.7 Å². The zero-order chi connectivity index (χ0) is 20.6. The quantitative estimate of drug-likeness (QED) is 0.511. The predicted molar refractivity (Wildman–Crippen MR) is 95.2 cm³/mol. The van der Waals surface area contributed by atoms with Crippen LogP contribution in [0, 0.1) is 22.7 Å². The minimum Gasteiger partial charge on any atom is -0.340 e. The summed E-state index contributed by atoms with van der Waals surface area (Å²) in [5, 5.41) is 21.7. The summed E-state index contributed by atoms with van der Waals surface area (Å²) in [4.78, 5) is 4.27. The Bertz CT molecular complexity index is 1290. The van der Waals surface area contributed by atoms with Gasteiger partial charge in [-0.05, 0) is 42.5 Å². The minimum atomic E-state index is -4.65. The summed E-state index contributed by atoms with van der Waals surface area (Å²) in [5.74, 6) is 0.517. The normalized spacial score (nSPS) is 11.3. The molecule has 0 bridgehead atoms. The van der Waals surface area contributed by atoms with Crippen LogP contribution in [0.2, 0.25) is 0 Å². The molecule has 2 aromatic carbocycles. The topological polar surface area (TPSA) is 91.4 Å². The molecule has 142 valence electrons. The zero-order valence-corrected chi connectivity index (χ0v) is 14.6. The van der Waals surface area contributed by atoms with Gasteiger partial charge in [0.2, 0.25) is 0 Å². The summed E-state index contributed by atoms with van der Waals surface area (Å²) in [5.41, 5.74) is 0.0386. The van der Waals surface area contributed by atoms with Crippen LogP contribution in [0.15, 0.2) is 53.2 Å². The Balaban J connectivity index is 1.68. The first kappa shape index (κ1) is 18.3. The molecule has 29 heavy (non-hydrogen) atoms. The van der Waals surface area contributed by atoms with E-state index in [0.29, 0.717) is 16.6 Å². The zero-order valence-electron chi connectivity index (χ0n) is 14.6. The number of benzene rings is 2. The summed E-state index contributed by atoms with van der Waals surface area (Å²) < 4.78 is 47.1. The lowest BCUT2D eigenvalue weighted by Crippen LogP contribution is -2.09. The van der Waals surface area contributed by atoms with E-state index in [4.69, 9.17) is 15.0 Å². The Morgan fingerprint density at radius 2 is 1.76 bits per heavy atom. The fourth-order valence-corrected chi connectivity index (χ4v) is 3.08. The lowest BCUT2D eigenvalue weighted by molar-refractivity contribution is -0.136. The van der Waals surface area contributed by atoms with Crippen molar-refractivity contribution in [1.29, 1.82) is 10.5 Å². The third kappa shape index (κ3) is 3.30. The molecule has 6 nitrogen and oxygen atoms in total. The van der Waals surface area contributed by atoms with Crippen LogP contribution < -0.4 is 0 Å². The molecule has 0 saturated carbocycles. The van der Waals surface area contributed by atoms with Gasteiger partial charge in [0.1, 0.15) is 0 Å². The van der Waals surface area contributed by atoms with E-state index in [0.717, 1.165) is 6.07 Å². The van der Waals surface area contributed by atoms with Gasteiger partial charge in [-0.1, -0.05) is 5.16 Å². The molecule has 4 aromatic rings. The molecule has 0 spiro atoms. The predicted octanol–water partition coefficient (Wildman–Crippen LogP) is 4.50. The van der Waals surface area contributed by atoms with Gasteiger partial charge in [-0.2, -0.15) is 28.7 Å². The molecule has 0 atom stereocenters. The molecule has 0 aliphatic heterocycles. The van der Waals surface area contributed by atoms with Crippen molar-refractivity contribution < 1.29 is 17.7 Å². The first-order valence-corrected chi connectivity index (χ1v) is 8.33. The molecule has 0 N–H and O–H groups in total. The maximum absolute atomic E-state index is 13.4. The van der Waals surface area contributed by atoms with E-state index in [1.54, 1.807) is 34.9 Å². The molecule has 4 rings (SSSR count). The van der Waals surface area contributed by atoms with E-state index in [1.807, 2.05) is 6.07 Å². The van der Waals surface area contributed by atoms with Gasteiger partial charge in [0.05, 0.1) is 35.4 Å². The first-order valence-electron chi connectivity index (χ1n) is 8.33. The average Bonchev–Trinajstić information content (AvgIpc) is 3.34. The Morgan fingerprint density at radius 3 is 2.41 bits per heavy atom. The Labute approximate surface area is 162 Å². The molecule has 0 aliphatic carbocycles. The molecule has 9 heteroatoms. The molecule has 2 heterocycles. The molecule has 0 fully saturated rings. The summed E-state index contributed by atoms with van der Waals surface area (Å²) in [6.07, 6.45) is -3.16. The summed E-state index contributed by atoms with van der Waals surface area (Å²) in [7, 11) is 0. The number of hydrogen-bond acceptors (Lipinski definition) is 5. The highest BCUT2D eigenvalue weighted by Crippen LogP contribution is 2.37. The van der Waals surface area contributed by atoms with Crippen LogP contribution in [-0.4, -0.2) is 14.7 Å². The third-order valence-corrected chi connectivity index (χ3v) is 4.40. The first-order chi connectivity index (χ1) is 13.9. The van der Waals surface area contributed by atoms with E-state index in [1.165, 1.54) is 18.3 Å². The van der Waals surface area contributed by atoms with Crippen molar-refractivity contribution in [3.8, 4) is 23.6 Å². The molecule has 0 radical (unpaired) electrons. The largest absolute Gasteiger partial charge is 0.418 e. The Hall–Kier alpha value is -4.11. The second-order valence-electron chi connectivity index (χ2n) is 6.18. The standard InChI is InChI=1S/C20H10F3N5O/c21-20(22,23)18-14(10-25)5-6-16-15(18)7-8-28(16)11-17-26-19(29-27-17)13-3-1-12(9-24)2-4-13/h1-8H,11H2. The summed E-state index contributed by atoms with van der Waals surface area (Å²) in [6.45, 7) is 0.0898. The van der Waals surface area contributed by atoms with Crippen LogP contribution in [0.4, 0.5) is 13.2 Å². The van der Waals surface area contributed by atoms with Gasteiger partial charge >= 0.3 is 6.18 Å².